The van der Waals surface area contributed by atoms with E-state index in [0.29, 0.717) is 6.42 Å². The summed E-state index contributed by atoms with van der Waals surface area (Å²) in [7, 11) is 0. The lowest BCUT2D eigenvalue weighted by atomic mass is 10.1. The predicted octanol–water partition coefficient (Wildman–Crippen LogP) is 2.56. The van der Waals surface area contributed by atoms with Gasteiger partial charge in [-0.15, -0.1) is 0 Å². The summed E-state index contributed by atoms with van der Waals surface area (Å²) in [5, 5.41) is 17.8. The lowest BCUT2D eigenvalue weighted by Crippen LogP contribution is -2.10. The minimum absolute atomic E-state index is 0.108. The molecule has 0 saturated carbocycles. The van der Waals surface area contributed by atoms with Gasteiger partial charge in [0.25, 0.3) is 0 Å². The summed E-state index contributed by atoms with van der Waals surface area (Å²) in [4.78, 5) is 3.19. The number of alkyl halides is 3. The third-order valence-corrected chi connectivity index (χ3v) is 2.47. The van der Waals surface area contributed by atoms with Crippen molar-refractivity contribution in [2.45, 2.75) is 25.1 Å². The number of pyridine rings is 1. The van der Waals surface area contributed by atoms with Crippen LogP contribution >= 0.6 is 11.6 Å². The molecule has 2 N–H and O–H groups in total. The van der Waals surface area contributed by atoms with E-state index in [9.17, 15) is 18.3 Å². The normalized spacial score (nSPS) is 13.8. The summed E-state index contributed by atoms with van der Waals surface area (Å²) >= 11 is 5.58. The molecule has 0 aliphatic heterocycles. The second kappa shape index (κ2) is 5.66. The van der Waals surface area contributed by atoms with Crippen LogP contribution in [-0.2, 0) is 6.18 Å². The maximum absolute atomic E-state index is 12.3. The number of aliphatic hydroxyl groups excluding tert-OH is 2. The second-order valence-corrected chi connectivity index (χ2v) is 3.81. The Balaban J connectivity index is 2.90. The Bertz CT molecular complexity index is 384. The van der Waals surface area contributed by atoms with Crippen LogP contribution in [0.4, 0.5) is 13.2 Å². The third kappa shape index (κ3) is 3.83. The van der Waals surface area contributed by atoms with Crippen LogP contribution in [-0.4, -0.2) is 21.8 Å². The molecule has 0 fully saturated rings. The van der Waals surface area contributed by atoms with Gasteiger partial charge in [-0.25, -0.2) is 4.98 Å². The molecule has 7 heteroatoms. The molecule has 0 aliphatic carbocycles. The Labute approximate surface area is 101 Å². The van der Waals surface area contributed by atoms with E-state index in [1.165, 1.54) is 0 Å². The van der Waals surface area contributed by atoms with Gasteiger partial charge in [0.05, 0.1) is 6.10 Å². The van der Waals surface area contributed by atoms with Crippen LogP contribution in [0.3, 0.4) is 0 Å². The molecular formula is C10H11ClF3NO2. The van der Waals surface area contributed by atoms with Crippen molar-refractivity contribution < 1.29 is 23.4 Å². The molecule has 0 amide bonds. The van der Waals surface area contributed by atoms with Crippen molar-refractivity contribution in [1.29, 1.82) is 0 Å². The molecule has 17 heavy (non-hydrogen) atoms. The van der Waals surface area contributed by atoms with E-state index in [4.69, 9.17) is 16.7 Å². The van der Waals surface area contributed by atoms with Gasteiger partial charge < -0.3 is 10.2 Å². The fraction of sp³-hybridized carbons (Fsp3) is 0.500. The van der Waals surface area contributed by atoms with E-state index >= 15 is 0 Å². The van der Waals surface area contributed by atoms with Crippen LogP contribution in [0.5, 0.6) is 0 Å². The van der Waals surface area contributed by atoms with Crippen molar-refractivity contribution in [3.63, 3.8) is 0 Å². The topological polar surface area (TPSA) is 53.4 Å². The van der Waals surface area contributed by atoms with E-state index in [1.807, 2.05) is 0 Å². The van der Waals surface area contributed by atoms with Crippen LogP contribution < -0.4 is 0 Å². The zero-order chi connectivity index (χ0) is 13.1. The maximum Gasteiger partial charge on any atom is 0.433 e. The van der Waals surface area contributed by atoms with Crippen molar-refractivity contribution in [3.05, 3.63) is 28.5 Å². The molecule has 0 aromatic carbocycles. The molecule has 1 atom stereocenters. The number of rotatable bonds is 4. The van der Waals surface area contributed by atoms with E-state index in [1.54, 1.807) is 0 Å². The Kier molecular flexibility index (Phi) is 4.73. The van der Waals surface area contributed by atoms with Crippen molar-refractivity contribution in [3.8, 4) is 0 Å². The summed E-state index contributed by atoms with van der Waals surface area (Å²) < 4.78 is 36.9. The van der Waals surface area contributed by atoms with Gasteiger partial charge in [-0.2, -0.15) is 13.2 Å². The number of aromatic nitrogens is 1. The van der Waals surface area contributed by atoms with Crippen molar-refractivity contribution in [1.82, 2.24) is 4.98 Å². The highest BCUT2D eigenvalue weighted by molar-refractivity contribution is 6.30. The van der Waals surface area contributed by atoms with Crippen LogP contribution in [0.2, 0.25) is 5.15 Å². The largest absolute Gasteiger partial charge is 0.433 e. The second-order valence-electron chi connectivity index (χ2n) is 3.46. The maximum atomic E-state index is 12.3. The number of hydrogen-bond acceptors (Lipinski definition) is 3. The molecule has 96 valence electrons. The lowest BCUT2D eigenvalue weighted by molar-refractivity contribution is -0.141. The smallest absolute Gasteiger partial charge is 0.396 e. The highest BCUT2D eigenvalue weighted by Crippen LogP contribution is 2.31. The minimum atomic E-state index is -4.56. The fourth-order valence-corrected chi connectivity index (χ4v) is 1.57. The average molecular weight is 270 g/mol. The van der Waals surface area contributed by atoms with Gasteiger partial charge in [0, 0.05) is 12.2 Å². The van der Waals surface area contributed by atoms with Crippen molar-refractivity contribution in [2.75, 3.05) is 6.61 Å². The van der Waals surface area contributed by atoms with E-state index in [0.717, 1.165) is 12.1 Å². The molecule has 0 radical (unpaired) electrons. The first-order valence-corrected chi connectivity index (χ1v) is 5.26. The summed E-state index contributed by atoms with van der Waals surface area (Å²) in [6.07, 6.45) is -5.04. The van der Waals surface area contributed by atoms with Crippen LogP contribution in [0.25, 0.3) is 0 Å². The predicted molar refractivity (Wildman–Crippen MR) is 55.5 cm³/mol. The van der Waals surface area contributed by atoms with Crippen molar-refractivity contribution in [2.24, 2.45) is 0 Å². The zero-order valence-electron chi connectivity index (χ0n) is 8.71. The first-order chi connectivity index (χ1) is 7.86. The molecule has 0 bridgehead atoms. The van der Waals surface area contributed by atoms with E-state index in [2.05, 4.69) is 4.98 Å². The number of nitrogens with zero attached hydrogens (tertiary/aromatic N) is 1. The summed E-state index contributed by atoms with van der Waals surface area (Å²) in [6, 6.07) is 1.86. The molecule has 1 heterocycles. The zero-order valence-corrected chi connectivity index (χ0v) is 9.46. The Hall–Kier alpha value is -0.850. The molecule has 0 aliphatic rings. The Morgan fingerprint density at radius 2 is 2.00 bits per heavy atom. The Morgan fingerprint density at radius 3 is 2.47 bits per heavy atom. The Morgan fingerprint density at radius 1 is 1.35 bits per heavy atom. The van der Waals surface area contributed by atoms with Gasteiger partial charge in [-0.3, -0.25) is 0 Å². The molecular weight excluding hydrogens is 259 g/mol. The number of halogens is 4. The van der Waals surface area contributed by atoms with Crippen molar-refractivity contribution >= 4 is 11.6 Å². The highest BCUT2D eigenvalue weighted by Gasteiger charge is 2.33. The van der Waals surface area contributed by atoms with Crippen LogP contribution in [0.15, 0.2) is 12.1 Å². The standard InChI is InChI=1S/C10H11ClF3NO2/c11-9-6(7(17)2-1-5-16)3-4-8(15-9)10(12,13)14/h3-4,7,16-17H,1-2,5H2. The van der Waals surface area contributed by atoms with E-state index < -0.39 is 18.0 Å². The molecule has 0 saturated heterocycles. The molecule has 1 aromatic heterocycles. The van der Waals surface area contributed by atoms with Gasteiger partial charge in [0.15, 0.2) is 0 Å². The van der Waals surface area contributed by atoms with Crippen LogP contribution in [0, 0.1) is 0 Å². The molecule has 3 nitrogen and oxygen atoms in total. The molecule has 1 aromatic rings. The van der Waals surface area contributed by atoms with Gasteiger partial charge in [-0.05, 0) is 18.9 Å². The monoisotopic (exact) mass is 269 g/mol. The van der Waals surface area contributed by atoms with Gasteiger partial charge in [-0.1, -0.05) is 17.7 Å². The van der Waals surface area contributed by atoms with Gasteiger partial charge in [0.2, 0.25) is 0 Å². The average Bonchev–Trinajstić information content (AvgIpc) is 2.24. The lowest BCUT2D eigenvalue weighted by Gasteiger charge is -2.13. The quantitative estimate of drug-likeness (QED) is 0.826. The highest BCUT2D eigenvalue weighted by atomic mass is 35.5. The number of hydrogen-bond donors (Lipinski definition) is 2. The van der Waals surface area contributed by atoms with Gasteiger partial charge in [0.1, 0.15) is 10.8 Å². The SMILES string of the molecule is OCCCC(O)c1ccc(C(F)(F)F)nc1Cl. The van der Waals surface area contributed by atoms with Crippen LogP contribution in [0.1, 0.15) is 30.2 Å². The summed E-state index contributed by atoms with van der Waals surface area (Å²) in [5.74, 6) is 0. The number of aliphatic hydroxyl groups is 2. The third-order valence-electron chi connectivity index (χ3n) is 2.16. The first kappa shape index (κ1) is 14.2. The molecule has 1 rings (SSSR count). The molecule has 0 spiro atoms. The van der Waals surface area contributed by atoms with Gasteiger partial charge >= 0.3 is 6.18 Å². The fourth-order valence-electron chi connectivity index (χ4n) is 1.29. The first-order valence-electron chi connectivity index (χ1n) is 4.89. The van der Waals surface area contributed by atoms with E-state index in [-0.39, 0.29) is 23.7 Å². The summed E-state index contributed by atoms with van der Waals surface area (Å²) in [5.41, 5.74) is -0.964. The molecule has 1 unspecified atom stereocenters. The summed E-state index contributed by atoms with van der Waals surface area (Å²) in [6.45, 7) is -0.108. The minimum Gasteiger partial charge on any atom is -0.396 e.